The summed E-state index contributed by atoms with van der Waals surface area (Å²) < 4.78 is 0. The van der Waals surface area contributed by atoms with E-state index in [9.17, 15) is 0 Å². The predicted molar refractivity (Wildman–Crippen MR) is 73.4 cm³/mol. The van der Waals surface area contributed by atoms with Crippen LogP contribution in [0.1, 0.15) is 23.6 Å². The van der Waals surface area contributed by atoms with Gasteiger partial charge in [0, 0.05) is 19.6 Å². The van der Waals surface area contributed by atoms with E-state index in [2.05, 4.69) is 49.0 Å². The summed E-state index contributed by atoms with van der Waals surface area (Å²) in [5.74, 6) is 0. The van der Waals surface area contributed by atoms with E-state index >= 15 is 0 Å². The average Bonchev–Trinajstić information content (AvgIpc) is 2.50. The number of fused-ring (bicyclic) bond motifs is 1. The van der Waals surface area contributed by atoms with Crippen LogP contribution >= 0.6 is 0 Å². The van der Waals surface area contributed by atoms with Gasteiger partial charge < -0.3 is 9.80 Å². The first kappa shape index (κ1) is 12.6. The minimum absolute atomic E-state index is 1.05. The Bertz CT molecular complexity index is 371. The molecule has 2 heteroatoms. The van der Waals surface area contributed by atoms with Crippen LogP contribution in [0.5, 0.6) is 0 Å². The fourth-order valence-electron chi connectivity index (χ4n) is 2.60. The molecule has 2 nitrogen and oxygen atoms in total. The molecule has 0 atom stereocenters. The lowest BCUT2D eigenvalue weighted by molar-refractivity contribution is 0.303. The van der Waals surface area contributed by atoms with E-state index < -0.39 is 0 Å². The van der Waals surface area contributed by atoms with Gasteiger partial charge in [-0.3, -0.25) is 0 Å². The van der Waals surface area contributed by atoms with Crippen LogP contribution in [0.4, 0.5) is 0 Å². The van der Waals surface area contributed by atoms with E-state index in [1.54, 1.807) is 11.1 Å². The van der Waals surface area contributed by atoms with Crippen LogP contribution in [0.15, 0.2) is 18.2 Å². The molecule has 0 unspecified atom stereocenters. The SMILES string of the molecule is CCN1CCc2ccc(CN(C)C)cc2CC1. The lowest BCUT2D eigenvalue weighted by atomic mass is 10.00. The number of benzene rings is 1. The summed E-state index contributed by atoms with van der Waals surface area (Å²) in [7, 11) is 4.26. The van der Waals surface area contributed by atoms with Gasteiger partial charge in [0.2, 0.25) is 0 Å². The van der Waals surface area contributed by atoms with Gasteiger partial charge in [-0.2, -0.15) is 0 Å². The molecule has 1 heterocycles. The van der Waals surface area contributed by atoms with Crippen molar-refractivity contribution in [3.63, 3.8) is 0 Å². The normalized spacial score (nSPS) is 16.9. The van der Waals surface area contributed by atoms with E-state index in [1.807, 2.05) is 0 Å². The molecule has 0 aromatic heterocycles. The van der Waals surface area contributed by atoms with Gasteiger partial charge in [0.15, 0.2) is 0 Å². The van der Waals surface area contributed by atoms with Crippen molar-refractivity contribution in [3.8, 4) is 0 Å². The van der Waals surface area contributed by atoms with Crippen molar-refractivity contribution < 1.29 is 0 Å². The monoisotopic (exact) mass is 232 g/mol. The lowest BCUT2D eigenvalue weighted by Crippen LogP contribution is -2.25. The van der Waals surface area contributed by atoms with Crippen molar-refractivity contribution in [1.82, 2.24) is 9.80 Å². The molecule has 94 valence electrons. The maximum absolute atomic E-state index is 2.55. The summed E-state index contributed by atoms with van der Waals surface area (Å²) in [6, 6.07) is 7.04. The zero-order chi connectivity index (χ0) is 12.3. The topological polar surface area (TPSA) is 6.48 Å². The summed E-state index contributed by atoms with van der Waals surface area (Å²) >= 11 is 0. The molecular formula is C15H24N2. The van der Waals surface area contributed by atoms with Crippen molar-refractivity contribution in [2.24, 2.45) is 0 Å². The van der Waals surface area contributed by atoms with Crippen LogP contribution in [-0.2, 0) is 19.4 Å². The number of hydrogen-bond acceptors (Lipinski definition) is 2. The maximum atomic E-state index is 2.55. The summed E-state index contributed by atoms with van der Waals surface area (Å²) in [6.45, 7) is 6.92. The summed E-state index contributed by atoms with van der Waals surface area (Å²) in [4.78, 5) is 4.78. The molecule has 0 spiro atoms. The molecule has 0 saturated heterocycles. The highest BCUT2D eigenvalue weighted by Crippen LogP contribution is 2.18. The average molecular weight is 232 g/mol. The van der Waals surface area contributed by atoms with Crippen LogP contribution < -0.4 is 0 Å². The third-order valence-electron chi connectivity index (χ3n) is 3.61. The van der Waals surface area contributed by atoms with Gasteiger partial charge in [-0.25, -0.2) is 0 Å². The Morgan fingerprint density at radius 1 is 1.12 bits per heavy atom. The molecule has 1 aliphatic rings. The molecule has 1 aromatic carbocycles. The highest BCUT2D eigenvalue weighted by Gasteiger charge is 2.12. The quantitative estimate of drug-likeness (QED) is 0.788. The fourth-order valence-corrected chi connectivity index (χ4v) is 2.60. The van der Waals surface area contributed by atoms with Crippen LogP contribution in [0.25, 0.3) is 0 Å². The third kappa shape index (κ3) is 3.30. The van der Waals surface area contributed by atoms with Crippen LogP contribution in [0.3, 0.4) is 0 Å². The van der Waals surface area contributed by atoms with E-state index in [0.29, 0.717) is 0 Å². The number of rotatable bonds is 3. The summed E-state index contributed by atoms with van der Waals surface area (Å²) in [5.41, 5.74) is 4.57. The molecule has 0 aliphatic carbocycles. The Labute approximate surface area is 105 Å². The van der Waals surface area contributed by atoms with Crippen molar-refractivity contribution in [2.75, 3.05) is 33.7 Å². The lowest BCUT2D eigenvalue weighted by Gasteiger charge is -2.16. The van der Waals surface area contributed by atoms with E-state index in [0.717, 1.165) is 6.54 Å². The Balaban J connectivity index is 2.14. The maximum Gasteiger partial charge on any atom is 0.0227 e. The van der Waals surface area contributed by atoms with Gasteiger partial charge in [-0.05, 0) is 50.2 Å². The Morgan fingerprint density at radius 2 is 1.82 bits per heavy atom. The Morgan fingerprint density at radius 3 is 2.47 bits per heavy atom. The van der Waals surface area contributed by atoms with E-state index in [4.69, 9.17) is 0 Å². The van der Waals surface area contributed by atoms with Gasteiger partial charge in [0.25, 0.3) is 0 Å². The highest BCUT2D eigenvalue weighted by atomic mass is 15.1. The molecule has 0 bridgehead atoms. The minimum atomic E-state index is 1.05. The van der Waals surface area contributed by atoms with Crippen molar-refractivity contribution >= 4 is 0 Å². The van der Waals surface area contributed by atoms with Gasteiger partial charge in [-0.1, -0.05) is 25.1 Å². The van der Waals surface area contributed by atoms with Gasteiger partial charge >= 0.3 is 0 Å². The first-order valence-electron chi connectivity index (χ1n) is 6.67. The largest absolute Gasteiger partial charge is 0.305 e. The van der Waals surface area contributed by atoms with Gasteiger partial charge in [0.05, 0.1) is 0 Å². The number of hydrogen-bond donors (Lipinski definition) is 0. The molecular weight excluding hydrogens is 208 g/mol. The zero-order valence-electron chi connectivity index (χ0n) is 11.4. The van der Waals surface area contributed by atoms with Gasteiger partial charge in [-0.15, -0.1) is 0 Å². The predicted octanol–water partition coefficient (Wildman–Crippen LogP) is 2.17. The molecule has 0 saturated carbocycles. The van der Waals surface area contributed by atoms with Gasteiger partial charge in [0.1, 0.15) is 0 Å². The second-order valence-corrected chi connectivity index (χ2v) is 5.28. The molecule has 0 N–H and O–H groups in total. The summed E-state index contributed by atoms with van der Waals surface area (Å²) in [5, 5.41) is 0. The van der Waals surface area contributed by atoms with E-state index in [-0.39, 0.29) is 0 Å². The highest BCUT2D eigenvalue weighted by molar-refractivity contribution is 5.33. The smallest absolute Gasteiger partial charge is 0.0227 e. The minimum Gasteiger partial charge on any atom is -0.305 e. The first-order chi connectivity index (χ1) is 8.19. The van der Waals surface area contributed by atoms with Crippen LogP contribution in [-0.4, -0.2) is 43.5 Å². The molecule has 1 aromatic rings. The van der Waals surface area contributed by atoms with E-state index in [1.165, 1.54) is 38.0 Å². The molecule has 1 aliphatic heterocycles. The van der Waals surface area contributed by atoms with Crippen molar-refractivity contribution in [3.05, 3.63) is 34.9 Å². The van der Waals surface area contributed by atoms with Crippen LogP contribution in [0, 0.1) is 0 Å². The molecule has 0 radical (unpaired) electrons. The molecule has 0 amide bonds. The second kappa shape index (κ2) is 5.65. The van der Waals surface area contributed by atoms with Crippen LogP contribution in [0.2, 0.25) is 0 Å². The standard InChI is InChI=1S/C15H24N2/c1-4-17-9-7-14-6-5-13(12-16(2)3)11-15(14)8-10-17/h5-6,11H,4,7-10,12H2,1-3H3. The summed E-state index contributed by atoms with van der Waals surface area (Å²) in [6.07, 6.45) is 2.43. The van der Waals surface area contributed by atoms with Crippen molar-refractivity contribution in [1.29, 1.82) is 0 Å². The number of nitrogens with zero attached hydrogens (tertiary/aromatic N) is 2. The number of likely N-dealkylation sites (N-methyl/N-ethyl adjacent to an activating group) is 1. The van der Waals surface area contributed by atoms with Crippen molar-refractivity contribution in [2.45, 2.75) is 26.3 Å². The Kier molecular flexibility index (Phi) is 4.19. The molecule has 17 heavy (non-hydrogen) atoms. The second-order valence-electron chi connectivity index (χ2n) is 5.28. The molecule has 0 fully saturated rings. The Hall–Kier alpha value is -0.860. The molecule has 2 rings (SSSR count). The zero-order valence-corrected chi connectivity index (χ0v) is 11.4. The third-order valence-corrected chi connectivity index (χ3v) is 3.61. The first-order valence-corrected chi connectivity index (χ1v) is 6.67. The fraction of sp³-hybridized carbons (Fsp3) is 0.600.